The SMILES string of the molecule is CCC(CO)CNCCc1ccc(F)cc1F. The van der Waals surface area contributed by atoms with Gasteiger partial charge in [-0.05, 0) is 36.9 Å². The van der Waals surface area contributed by atoms with E-state index in [1.54, 1.807) is 0 Å². The highest BCUT2D eigenvalue weighted by molar-refractivity contribution is 5.18. The number of rotatable bonds is 7. The first kappa shape index (κ1) is 14.1. The van der Waals surface area contributed by atoms with Crippen LogP contribution in [0.2, 0.25) is 0 Å². The van der Waals surface area contributed by atoms with Crippen molar-refractivity contribution in [3.8, 4) is 0 Å². The van der Waals surface area contributed by atoms with Crippen molar-refractivity contribution in [1.82, 2.24) is 5.32 Å². The first-order valence-electron chi connectivity index (χ1n) is 5.92. The number of hydrogen-bond acceptors (Lipinski definition) is 2. The van der Waals surface area contributed by atoms with Crippen LogP contribution >= 0.6 is 0 Å². The molecule has 0 aliphatic rings. The van der Waals surface area contributed by atoms with E-state index in [9.17, 15) is 8.78 Å². The highest BCUT2D eigenvalue weighted by atomic mass is 19.1. The van der Waals surface area contributed by atoms with E-state index >= 15 is 0 Å². The number of halogens is 2. The molecule has 1 aromatic carbocycles. The maximum atomic E-state index is 13.3. The molecule has 0 saturated heterocycles. The molecule has 2 nitrogen and oxygen atoms in total. The van der Waals surface area contributed by atoms with Gasteiger partial charge in [-0.2, -0.15) is 0 Å². The van der Waals surface area contributed by atoms with Crippen LogP contribution in [0.15, 0.2) is 18.2 Å². The van der Waals surface area contributed by atoms with E-state index < -0.39 is 11.6 Å². The molecule has 0 heterocycles. The minimum absolute atomic E-state index is 0.161. The molecule has 0 aliphatic heterocycles. The Hall–Kier alpha value is -1.00. The van der Waals surface area contributed by atoms with E-state index in [1.807, 2.05) is 6.92 Å². The first-order valence-corrected chi connectivity index (χ1v) is 5.92. The second kappa shape index (κ2) is 7.35. The summed E-state index contributed by atoms with van der Waals surface area (Å²) in [5, 5.41) is 12.1. The third kappa shape index (κ3) is 4.79. The van der Waals surface area contributed by atoms with Crippen LogP contribution in [0.4, 0.5) is 8.78 Å². The summed E-state index contributed by atoms with van der Waals surface area (Å²) in [6, 6.07) is 3.63. The fourth-order valence-electron chi connectivity index (χ4n) is 1.59. The summed E-state index contributed by atoms with van der Waals surface area (Å²) < 4.78 is 25.9. The summed E-state index contributed by atoms with van der Waals surface area (Å²) in [7, 11) is 0. The lowest BCUT2D eigenvalue weighted by Gasteiger charge is -2.12. The Kier molecular flexibility index (Phi) is 6.08. The van der Waals surface area contributed by atoms with Crippen molar-refractivity contribution < 1.29 is 13.9 Å². The fraction of sp³-hybridized carbons (Fsp3) is 0.538. The zero-order valence-corrected chi connectivity index (χ0v) is 10.0. The van der Waals surface area contributed by atoms with Gasteiger partial charge in [-0.25, -0.2) is 8.78 Å². The van der Waals surface area contributed by atoms with E-state index in [0.29, 0.717) is 18.5 Å². The quantitative estimate of drug-likeness (QED) is 0.719. The molecule has 1 aromatic rings. The molecule has 0 bridgehead atoms. The highest BCUT2D eigenvalue weighted by Crippen LogP contribution is 2.09. The Morgan fingerprint density at radius 3 is 2.71 bits per heavy atom. The van der Waals surface area contributed by atoms with Gasteiger partial charge in [-0.3, -0.25) is 0 Å². The first-order chi connectivity index (χ1) is 8.17. The van der Waals surface area contributed by atoms with Gasteiger partial charge in [0.1, 0.15) is 11.6 Å². The smallest absolute Gasteiger partial charge is 0.129 e. The van der Waals surface area contributed by atoms with Gasteiger partial charge < -0.3 is 10.4 Å². The van der Waals surface area contributed by atoms with Crippen LogP contribution in [0.5, 0.6) is 0 Å². The molecule has 4 heteroatoms. The summed E-state index contributed by atoms with van der Waals surface area (Å²) >= 11 is 0. The summed E-state index contributed by atoms with van der Waals surface area (Å²) in [5.74, 6) is -0.806. The van der Waals surface area contributed by atoms with E-state index in [-0.39, 0.29) is 12.5 Å². The lowest BCUT2D eigenvalue weighted by atomic mass is 10.1. The molecule has 17 heavy (non-hydrogen) atoms. The number of hydrogen-bond donors (Lipinski definition) is 2. The van der Waals surface area contributed by atoms with Crippen LogP contribution in [-0.4, -0.2) is 24.8 Å². The molecule has 0 aromatic heterocycles. The van der Waals surface area contributed by atoms with E-state index in [2.05, 4.69) is 5.32 Å². The standard InChI is InChI=1S/C13H19F2NO/c1-2-10(9-17)8-16-6-5-11-3-4-12(14)7-13(11)15/h3-4,7,10,16-17H,2,5-6,8-9H2,1H3. The maximum absolute atomic E-state index is 13.3. The third-order valence-corrected chi connectivity index (χ3v) is 2.85. The Morgan fingerprint density at radius 1 is 1.35 bits per heavy atom. The van der Waals surface area contributed by atoms with Gasteiger partial charge in [0, 0.05) is 19.2 Å². The van der Waals surface area contributed by atoms with Gasteiger partial charge in [-0.1, -0.05) is 13.0 Å². The van der Waals surface area contributed by atoms with Crippen LogP contribution in [-0.2, 0) is 6.42 Å². The fourth-order valence-corrected chi connectivity index (χ4v) is 1.59. The van der Waals surface area contributed by atoms with Gasteiger partial charge in [0.2, 0.25) is 0 Å². The van der Waals surface area contributed by atoms with Crippen LogP contribution in [0.1, 0.15) is 18.9 Å². The minimum atomic E-state index is -0.550. The number of aliphatic hydroxyl groups is 1. The molecule has 0 radical (unpaired) electrons. The molecule has 1 atom stereocenters. The van der Waals surface area contributed by atoms with E-state index in [0.717, 1.165) is 19.0 Å². The van der Waals surface area contributed by atoms with Gasteiger partial charge >= 0.3 is 0 Å². The zero-order chi connectivity index (χ0) is 12.7. The molecule has 2 N–H and O–H groups in total. The van der Waals surface area contributed by atoms with Gasteiger partial charge in [-0.15, -0.1) is 0 Å². The second-order valence-corrected chi connectivity index (χ2v) is 4.15. The van der Waals surface area contributed by atoms with E-state index in [4.69, 9.17) is 5.11 Å². The molecule has 0 amide bonds. The van der Waals surface area contributed by atoms with Crippen molar-refractivity contribution in [3.63, 3.8) is 0 Å². The number of nitrogens with one attached hydrogen (secondary N) is 1. The molecular weight excluding hydrogens is 224 g/mol. The molecule has 0 spiro atoms. The van der Waals surface area contributed by atoms with Crippen molar-refractivity contribution in [1.29, 1.82) is 0 Å². The molecule has 0 saturated carbocycles. The lowest BCUT2D eigenvalue weighted by molar-refractivity contribution is 0.219. The Morgan fingerprint density at radius 2 is 2.12 bits per heavy atom. The monoisotopic (exact) mass is 243 g/mol. The van der Waals surface area contributed by atoms with Crippen molar-refractivity contribution in [2.24, 2.45) is 5.92 Å². The number of aliphatic hydroxyl groups excluding tert-OH is 1. The molecule has 0 fully saturated rings. The largest absolute Gasteiger partial charge is 0.396 e. The van der Waals surface area contributed by atoms with E-state index in [1.165, 1.54) is 12.1 Å². The number of benzene rings is 1. The topological polar surface area (TPSA) is 32.3 Å². The third-order valence-electron chi connectivity index (χ3n) is 2.85. The maximum Gasteiger partial charge on any atom is 0.129 e. The molecule has 1 rings (SSSR count). The summed E-state index contributed by atoms with van der Waals surface area (Å²) in [5.41, 5.74) is 0.510. The molecule has 0 aliphatic carbocycles. The molecular formula is C13H19F2NO. The van der Waals surface area contributed by atoms with Crippen LogP contribution in [0.25, 0.3) is 0 Å². The van der Waals surface area contributed by atoms with Gasteiger partial charge in [0.05, 0.1) is 0 Å². The van der Waals surface area contributed by atoms with Crippen LogP contribution in [0, 0.1) is 17.6 Å². The summed E-state index contributed by atoms with van der Waals surface area (Å²) in [6.07, 6.45) is 1.43. The van der Waals surface area contributed by atoms with Gasteiger partial charge in [0.15, 0.2) is 0 Å². The average Bonchev–Trinajstić information content (AvgIpc) is 2.32. The average molecular weight is 243 g/mol. The van der Waals surface area contributed by atoms with Crippen molar-refractivity contribution in [2.75, 3.05) is 19.7 Å². The Balaban J connectivity index is 2.31. The highest BCUT2D eigenvalue weighted by Gasteiger charge is 2.05. The second-order valence-electron chi connectivity index (χ2n) is 4.15. The van der Waals surface area contributed by atoms with Crippen molar-refractivity contribution in [3.05, 3.63) is 35.4 Å². The predicted molar refractivity (Wildman–Crippen MR) is 63.8 cm³/mol. The predicted octanol–water partition coefficient (Wildman–Crippen LogP) is 2.12. The minimum Gasteiger partial charge on any atom is -0.396 e. The summed E-state index contributed by atoms with van der Waals surface area (Å²) in [6.45, 7) is 3.52. The zero-order valence-electron chi connectivity index (χ0n) is 10.0. The van der Waals surface area contributed by atoms with Crippen molar-refractivity contribution >= 4 is 0 Å². The van der Waals surface area contributed by atoms with Crippen LogP contribution in [0.3, 0.4) is 0 Å². The normalized spacial score (nSPS) is 12.7. The Bertz CT molecular complexity index is 340. The summed E-state index contributed by atoms with van der Waals surface area (Å²) in [4.78, 5) is 0. The Labute approximate surface area is 101 Å². The molecule has 1 unspecified atom stereocenters. The molecule has 96 valence electrons. The van der Waals surface area contributed by atoms with Crippen molar-refractivity contribution in [2.45, 2.75) is 19.8 Å². The van der Waals surface area contributed by atoms with Gasteiger partial charge in [0.25, 0.3) is 0 Å². The lowest BCUT2D eigenvalue weighted by Crippen LogP contribution is -2.26. The van der Waals surface area contributed by atoms with Crippen LogP contribution < -0.4 is 5.32 Å².